The molecule has 1 heterocycles. The van der Waals surface area contributed by atoms with Crippen LogP contribution >= 0.6 is 11.6 Å². The van der Waals surface area contributed by atoms with Crippen molar-refractivity contribution in [2.45, 2.75) is 20.0 Å². The molecule has 1 aliphatic heterocycles. The number of halogens is 1. The van der Waals surface area contributed by atoms with E-state index >= 15 is 0 Å². The quantitative estimate of drug-likeness (QED) is 0.718. The predicted octanol–water partition coefficient (Wildman–Crippen LogP) is 3.98. The van der Waals surface area contributed by atoms with Crippen molar-refractivity contribution in [3.05, 3.63) is 70.7 Å². The molecule has 2 aromatic rings. The zero-order chi connectivity index (χ0) is 20.8. The first kappa shape index (κ1) is 21.3. The summed E-state index contributed by atoms with van der Waals surface area (Å²) in [5.74, 6) is 0.280. The molecule has 0 N–H and O–H groups in total. The van der Waals surface area contributed by atoms with E-state index in [2.05, 4.69) is 13.8 Å². The monoisotopic (exact) mass is 414 g/mol. The van der Waals surface area contributed by atoms with Crippen LogP contribution in [0.3, 0.4) is 0 Å². The van der Waals surface area contributed by atoms with Gasteiger partial charge >= 0.3 is 0 Å². The number of amides is 2. The Balaban J connectivity index is 1.68. The van der Waals surface area contributed by atoms with Crippen LogP contribution in [-0.4, -0.2) is 60.5 Å². The molecule has 0 radical (unpaired) electrons. The molecule has 1 atom stereocenters. The molecule has 2 aromatic carbocycles. The first-order chi connectivity index (χ1) is 13.9. The molecule has 29 heavy (non-hydrogen) atoms. The van der Waals surface area contributed by atoms with Crippen molar-refractivity contribution in [1.82, 2.24) is 9.80 Å². The lowest BCUT2D eigenvalue weighted by Crippen LogP contribution is -2.51. The van der Waals surface area contributed by atoms with Crippen LogP contribution in [-0.2, 0) is 4.74 Å². The van der Waals surface area contributed by atoms with E-state index in [1.807, 2.05) is 35.2 Å². The van der Waals surface area contributed by atoms with E-state index in [4.69, 9.17) is 16.3 Å². The molecule has 0 saturated carbocycles. The summed E-state index contributed by atoms with van der Waals surface area (Å²) in [6, 6.07) is 16.2. The van der Waals surface area contributed by atoms with Crippen molar-refractivity contribution in [3.63, 3.8) is 0 Å². The molecular formula is C23H27ClN2O3. The minimum absolute atomic E-state index is 0.0101. The van der Waals surface area contributed by atoms with E-state index in [1.165, 1.54) is 0 Å². The van der Waals surface area contributed by atoms with Gasteiger partial charge in [0.05, 0.1) is 12.7 Å². The van der Waals surface area contributed by atoms with E-state index in [-0.39, 0.29) is 17.9 Å². The molecule has 1 saturated heterocycles. The van der Waals surface area contributed by atoms with Gasteiger partial charge in [-0.2, -0.15) is 0 Å². The van der Waals surface area contributed by atoms with Crippen LogP contribution in [0, 0.1) is 5.92 Å². The van der Waals surface area contributed by atoms with Gasteiger partial charge in [-0.15, -0.1) is 0 Å². The third kappa shape index (κ3) is 5.81. The zero-order valence-electron chi connectivity index (χ0n) is 16.9. The maximum Gasteiger partial charge on any atom is 0.254 e. The number of rotatable bonds is 6. The molecule has 5 nitrogen and oxygen atoms in total. The van der Waals surface area contributed by atoms with Gasteiger partial charge in [-0.3, -0.25) is 9.59 Å². The maximum atomic E-state index is 13.0. The predicted molar refractivity (Wildman–Crippen MR) is 114 cm³/mol. The van der Waals surface area contributed by atoms with Gasteiger partial charge in [0.2, 0.25) is 0 Å². The van der Waals surface area contributed by atoms with E-state index in [1.54, 1.807) is 29.2 Å². The summed E-state index contributed by atoms with van der Waals surface area (Å²) in [7, 11) is 0. The van der Waals surface area contributed by atoms with Crippen LogP contribution < -0.4 is 0 Å². The lowest BCUT2D eigenvalue weighted by Gasteiger charge is -2.36. The fraction of sp³-hybridized carbons (Fsp3) is 0.391. The standard InChI is InChI=1S/C23H27ClN2O3/c1-17(2)14-26(23(28)18-6-4-3-5-7-18)16-21-15-25(12-13-29-21)22(27)19-8-10-20(24)11-9-19/h3-11,17,21H,12-16H2,1-2H3/t21-/m1/s1. The number of benzene rings is 2. The van der Waals surface area contributed by atoms with E-state index in [9.17, 15) is 9.59 Å². The zero-order valence-corrected chi connectivity index (χ0v) is 17.6. The van der Waals surface area contributed by atoms with E-state index < -0.39 is 0 Å². The molecule has 1 fully saturated rings. The fourth-order valence-electron chi connectivity index (χ4n) is 3.48. The number of carbonyl (C=O) groups is 2. The number of ether oxygens (including phenoxy) is 1. The Morgan fingerprint density at radius 1 is 1.10 bits per heavy atom. The summed E-state index contributed by atoms with van der Waals surface area (Å²) in [4.78, 5) is 29.4. The van der Waals surface area contributed by atoms with Crippen molar-refractivity contribution in [2.24, 2.45) is 5.92 Å². The van der Waals surface area contributed by atoms with Gasteiger partial charge in [-0.25, -0.2) is 0 Å². The SMILES string of the molecule is CC(C)CN(C[C@H]1CN(C(=O)c2ccc(Cl)cc2)CCO1)C(=O)c1ccccc1. The molecule has 3 rings (SSSR count). The van der Waals surface area contributed by atoms with Crippen molar-refractivity contribution in [2.75, 3.05) is 32.8 Å². The Bertz CT molecular complexity index is 824. The largest absolute Gasteiger partial charge is 0.373 e. The first-order valence-electron chi connectivity index (χ1n) is 9.95. The molecular weight excluding hydrogens is 388 g/mol. The molecule has 0 aromatic heterocycles. The molecule has 154 valence electrons. The average Bonchev–Trinajstić information content (AvgIpc) is 2.73. The molecule has 2 amide bonds. The summed E-state index contributed by atoms with van der Waals surface area (Å²) in [5, 5.41) is 0.602. The van der Waals surface area contributed by atoms with Crippen molar-refractivity contribution < 1.29 is 14.3 Å². The first-order valence-corrected chi connectivity index (χ1v) is 10.3. The number of nitrogens with zero attached hydrogens (tertiary/aromatic N) is 2. The molecule has 6 heteroatoms. The Kier molecular flexibility index (Phi) is 7.29. The van der Waals surface area contributed by atoms with Crippen LogP contribution in [0.5, 0.6) is 0 Å². The van der Waals surface area contributed by atoms with Gasteiger partial charge in [-0.1, -0.05) is 43.6 Å². The highest BCUT2D eigenvalue weighted by Crippen LogP contribution is 2.16. The Hall–Kier alpha value is -2.37. The summed E-state index contributed by atoms with van der Waals surface area (Å²) < 4.78 is 5.90. The van der Waals surface area contributed by atoms with Crippen LogP contribution in [0.1, 0.15) is 34.6 Å². The summed E-state index contributed by atoms with van der Waals surface area (Å²) in [6.07, 6.45) is -0.216. The topological polar surface area (TPSA) is 49.9 Å². The van der Waals surface area contributed by atoms with Crippen LogP contribution in [0.25, 0.3) is 0 Å². The normalized spacial score (nSPS) is 16.7. The minimum Gasteiger partial charge on any atom is -0.373 e. The fourth-order valence-corrected chi connectivity index (χ4v) is 3.61. The van der Waals surface area contributed by atoms with Gasteiger partial charge in [-0.05, 0) is 42.3 Å². The van der Waals surface area contributed by atoms with Crippen LogP contribution in [0.4, 0.5) is 0 Å². The van der Waals surface area contributed by atoms with Gasteiger partial charge in [0.1, 0.15) is 0 Å². The Labute approximate surface area is 177 Å². The van der Waals surface area contributed by atoms with Gasteiger partial charge in [0.15, 0.2) is 0 Å². The van der Waals surface area contributed by atoms with Gasteiger partial charge < -0.3 is 14.5 Å². The second kappa shape index (κ2) is 9.90. The minimum atomic E-state index is -0.216. The maximum absolute atomic E-state index is 13.0. The summed E-state index contributed by atoms with van der Waals surface area (Å²) >= 11 is 5.92. The number of morpholine rings is 1. The Morgan fingerprint density at radius 3 is 2.45 bits per heavy atom. The molecule has 1 aliphatic rings. The van der Waals surface area contributed by atoms with E-state index in [0.29, 0.717) is 54.9 Å². The Morgan fingerprint density at radius 2 is 1.79 bits per heavy atom. The highest BCUT2D eigenvalue weighted by molar-refractivity contribution is 6.30. The highest BCUT2D eigenvalue weighted by Gasteiger charge is 2.28. The van der Waals surface area contributed by atoms with Gasteiger partial charge in [0, 0.05) is 42.3 Å². The van der Waals surface area contributed by atoms with Crippen molar-refractivity contribution in [1.29, 1.82) is 0 Å². The molecule has 0 spiro atoms. The second-order valence-electron chi connectivity index (χ2n) is 7.72. The van der Waals surface area contributed by atoms with Gasteiger partial charge in [0.25, 0.3) is 11.8 Å². The number of hydrogen-bond acceptors (Lipinski definition) is 3. The van der Waals surface area contributed by atoms with Crippen molar-refractivity contribution in [3.8, 4) is 0 Å². The number of carbonyl (C=O) groups excluding carboxylic acids is 2. The lowest BCUT2D eigenvalue weighted by atomic mass is 10.1. The summed E-state index contributed by atoms with van der Waals surface area (Å²) in [6.45, 7) is 6.72. The lowest BCUT2D eigenvalue weighted by molar-refractivity contribution is -0.0340. The summed E-state index contributed by atoms with van der Waals surface area (Å²) in [5.41, 5.74) is 1.27. The third-order valence-corrected chi connectivity index (χ3v) is 5.09. The molecule has 0 aliphatic carbocycles. The van der Waals surface area contributed by atoms with Crippen LogP contribution in [0.2, 0.25) is 5.02 Å². The molecule has 0 unspecified atom stereocenters. The number of hydrogen-bond donors (Lipinski definition) is 0. The smallest absolute Gasteiger partial charge is 0.254 e. The highest BCUT2D eigenvalue weighted by atomic mass is 35.5. The second-order valence-corrected chi connectivity index (χ2v) is 8.16. The van der Waals surface area contributed by atoms with Crippen LogP contribution in [0.15, 0.2) is 54.6 Å². The molecule has 0 bridgehead atoms. The average molecular weight is 415 g/mol. The van der Waals surface area contributed by atoms with E-state index in [0.717, 1.165) is 0 Å². The van der Waals surface area contributed by atoms with Crippen molar-refractivity contribution >= 4 is 23.4 Å². The third-order valence-electron chi connectivity index (χ3n) is 4.83.